The van der Waals surface area contributed by atoms with E-state index in [2.05, 4.69) is 16.2 Å². The second-order valence-electron chi connectivity index (χ2n) is 8.48. The minimum absolute atomic E-state index is 0.203. The molecule has 4 nitrogen and oxygen atoms in total. The Balaban J connectivity index is 1.69. The maximum atomic E-state index is 13.2. The van der Waals surface area contributed by atoms with Crippen molar-refractivity contribution in [2.75, 3.05) is 0 Å². The van der Waals surface area contributed by atoms with Crippen LogP contribution in [0.4, 0.5) is 8.78 Å². The second-order valence-corrected chi connectivity index (χ2v) is 8.48. The average Bonchev–Trinajstić information content (AvgIpc) is 2.90. The van der Waals surface area contributed by atoms with Crippen LogP contribution in [0.1, 0.15) is 75.6 Å². The van der Waals surface area contributed by atoms with Gasteiger partial charge in [0.15, 0.2) is 11.5 Å². The van der Waals surface area contributed by atoms with Gasteiger partial charge in [-0.05, 0) is 63.4 Å². The van der Waals surface area contributed by atoms with Gasteiger partial charge >= 0.3 is 0 Å². The van der Waals surface area contributed by atoms with Crippen molar-refractivity contribution in [1.82, 2.24) is 19.6 Å². The zero-order chi connectivity index (χ0) is 19.0. The van der Waals surface area contributed by atoms with E-state index >= 15 is 0 Å². The lowest BCUT2D eigenvalue weighted by atomic mass is 9.87. The van der Waals surface area contributed by atoms with Gasteiger partial charge in [0.2, 0.25) is 5.92 Å². The molecule has 2 bridgehead atoms. The Bertz CT molecular complexity index is 850. The molecule has 2 aromatic rings. The summed E-state index contributed by atoms with van der Waals surface area (Å²) in [5.74, 6) is 0.361. The van der Waals surface area contributed by atoms with Gasteiger partial charge < -0.3 is 0 Å². The van der Waals surface area contributed by atoms with Gasteiger partial charge in [0, 0.05) is 12.5 Å². The summed E-state index contributed by atoms with van der Waals surface area (Å²) in [5.41, 5.74) is 2.61. The maximum absolute atomic E-state index is 13.2. The Kier molecular flexibility index (Phi) is 4.99. The molecule has 2 heterocycles. The molecule has 0 amide bonds. The number of hydrogen-bond acceptors (Lipinski definition) is 3. The van der Waals surface area contributed by atoms with Gasteiger partial charge in [-0.2, -0.15) is 9.61 Å². The summed E-state index contributed by atoms with van der Waals surface area (Å²) in [6.07, 6.45) is 11.1. The number of fused-ring (bicyclic) bond motifs is 4. The van der Waals surface area contributed by atoms with Crippen LogP contribution in [0.5, 0.6) is 0 Å². The number of nitrogens with zero attached hydrogens (tertiary/aromatic N) is 4. The molecule has 0 spiro atoms. The van der Waals surface area contributed by atoms with Crippen molar-refractivity contribution in [1.29, 1.82) is 0 Å². The molecule has 0 radical (unpaired) electrons. The van der Waals surface area contributed by atoms with Gasteiger partial charge in [-0.25, -0.2) is 18.7 Å². The minimum atomic E-state index is -2.68. The van der Waals surface area contributed by atoms with Gasteiger partial charge in [0.1, 0.15) is 5.82 Å². The van der Waals surface area contributed by atoms with Crippen molar-refractivity contribution in [2.24, 2.45) is 11.8 Å². The number of aryl methyl sites for hydroxylation is 2. The minimum Gasteiger partial charge on any atom is -0.214 e. The Morgan fingerprint density at radius 2 is 1.93 bits per heavy atom. The van der Waals surface area contributed by atoms with E-state index in [-0.39, 0.29) is 12.8 Å². The van der Waals surface area contributed by atoms with Crippen LogP contribution >= 0.6 is 0 Å². The molecule has 0 aromatic carbocycles. The normalized spacial score (nSPS) is 23.8. The standard InChI is InChI=1S/C21H28F2N4/c1-14-24-19-13-18(10-11-21(2,22)23)26-27(19)20(25-14)17-9-8-15-4-3-5-16(12-17)7-6-15/h9,13,15-16H,3-8,10-12H2,1-2H3. The van der Waals surface area contributed by atoms with Crippen LogP contribution in [0, 0.1) is 18.8 Å². The van der Waals surface area contributed by atoms with Crippen molar-refractivity contribution in [3.05, 3.63) is 29.5 Å². The van der Waals surface area contributed by atoms with E-state index in [1.807, 2.05) is 13.0 Å². The van der Waals surface area contributed by atoms with E-state index in [1.165, 1.54) is 37.7 Å². The van der Waals surface area contributed by atoms with Gasteiger partial charge in [0.25, 0.3) is 0 Å². The molecule has 6 heteroatoms. The predicted molar refractivity (Wildman–Crippen MR) is 102 cm³/mol. The first-order chi connectivity index (χ1) is 12.9. The van der Waals surface area contributed by atoms with Crippen LogP contribution in [0.25, 0.3) is 11.2 Å². The molecule has 4 rings (SSSR count). The molecule has 1 fully saturated rings. The Morgan fingerprint density at radius 1 is 1.15 bits per heavy atom. The topological polar surface area (TPSA) is 43.1 Å². The number of alkyl halides is 2. The van der Waals surface area contributed by atoms with E-state index < -0.39 is 5.92 Å². The molecule has 2 aliphatic rings. The van der Waals surface area contributed by atoms with Crippen LogP contribution in [-0.4, -0.2) is 25.5 Å². The second kappa shape index (κ2) is 7.28. The molecule has 0 saturated heterocycles. The van der Waals surface area contributed by atoms with E-state index in [1.54, 1.807) is 4.52 Å². The van der Waals surface area contributed by atoms with E-state index in [9.17, 15) is 8.78 Å². The fraction of sp³-hybridized carbons (Fsp3) is 0.667. The van der Waals surface area contributed by atoms with E-state index in [0.29, 0.717) is 23.1 Å². The first kappa shape index (κ1) is 18.5. The molecule has 0 aliphatic heterocycles. The zero-order valence-electron chi connectivity index (χ0n) is 16.2. The molecule has 1 saturated carbocycles. The van der Waals surface area contributed by atoms with Gasteiger partial charge in [-0.1, -0.05) is 25.3 Å². The van der Waals surface area contributed by atoms with Gasteiger partial charge in [0.05, 0.1) is 5.69 Å². The number of rotatable bonds is 4. The zero-order valence-corrected chi connectivity index (χ0v) is 16.2. The monoisotopic (exact) mass is 374 g/mol. The van der Waals surface area contributed by atoms with Crippen LogP contribution in [0.3, 0.4) is 0 Å². The van der Waals surface area contributed by atoms with Crippen molar-refractivity contribution in [2.45, 2.75) is 77.6 Å². The lowest BCUT2D eigenvalue weighted by Gasteiger charge is -2.20. The molecule has 2 aliphatic carbocycles. The van der Waals surface area contributed by atoms with Crippen LogP contribution in [0.2, 0.25) is 0 Å². The summed E-state index contributed by atoms with van der Waals surface area (Å²) < 4.78 is 28.2. The van der Waals surface area contributed by atoms with Crippen LogP contribution in [0.15, 0.2) is 12.1 Å². The van der Waals surface area contributed by atoms with Gasteiger partial charge in [-0.15, -0.1) is 0 Å². The average molecular weight is 374 g/mol. The SMILES string of the molecule is Cc1nc(C2=CCC3CCCC(CC3)C2)n2nc(CCC(C)(F)F)cc2n1. The third-order valence-electron chi connectivity index (χ3n) is 6.01. The molecule has 146 valence electrons. The number of aromatic nitrogens is 4. The summed E-state index contributed by atoms with van der Waals surface area (Å²) in [5, 5.41) is 4.59. The smallest absolute Gasteiger partial charge is 0.214 e. The van der Waals surface area contributed by atoms with E-state index in [0.717, 1.165) is 31.5 Å². The van der Waals surface area contributed by atoms with Gasteiger partial charge in [-0.3, -0.25) is 0 Å². The van der Waals surface area contributed by atoms with E-state index in [4.69, 9.17) is 4.98 Å². The summed E-state index contributed by atoms with van der Waals surface area (Å²) in [6.45, 7) is 2.84. The summed E-state index contributed by atoms with van der Waals surface area (Å²) >= 11 is 0. The Hall–Kier alpha value is -1.85. The fourth-order valence-electron chi connectivity index (χ4n) is 4.50. The molecular formula is C21H28F2N4. The molecular weight excluding hydrogens is 346 g/mol. The fourth-order valence-corrected chi connectivity index (χ4v) is 4.50. The quantitative estimate of drug-likeness (QED) is 0.720. The summed E-state index contributed by atoms with van der Waals surface area (Å²) in [6, 6.07) is 1.83. The first-order valence-corrected chi connectivity index (χ1v) is 10.2. The highest BCUT2D eigenvalue weighted by Gasteiger charge is 2.25. The Morgan fingerprint density at radius 3 is 2.74 bits per heavy atom. The maximum Gasteiger partial charge on any atom is 0.245 e. The van der Waals surface area contributed by atoms with Crippen molar-refractivity contribution < 1.29 is 8.78 Å². The summed E-state index contributed by atoms with van der Waals surface area (Å²) in [7, 11) is 0. The van der Waals surface area contributed by atoms with Crippen LogP contribution in [-0.2, 0) is 6.42 Å². The Labute approximate surface area is 159 Å². The predicted octanol–water partition coefficient (Wildman–Crippen LogP) is 5.39. The third-order valence-corrected chi connectivity index (χ3v) is 6.01. The van der Waals surface area contributed by atoms with Crippen molar-refractivity contribution in [3.63, 3.8) is 0 Å². The highest BCUT2D eigenvalue weighted by Crippen LogP contribution is 2.38. The largest absolute Gasteiger partial charge is 0.245 e. The highest BCUT2D eigenvalue weighted by atomic mass is 19.3. The van der Waals surface area contributed by atoms with Crippen LogP contribution < -0.4 is 0 Å². The lowest BCUT2D eigenvalue weighted by Crippen LogP contribution is -2.12. The molecule has 27 heavy (non-hydrogen) atoms. The van der Waals surface area contributed by atoms with Crippen molar-refractivity contribution >= 4 is 11.2 Å². The summed E-state index contributed by atoms with van der Waals surface area (Å²) in [4.78, 5) is 9.19. The molecule has 2 aromatic heterocycles. The lowest BCUT2D eigenvalue weighted by molar-refractivity contribution is 0.0130. The highest BCUT2D eigenvalue weighted by molar-refractivity contribution is 5.62. The van der Waals surface area contributed by atoms with Crippen molar-refractivity contribution in [3.8, 4) is 0 Å². The number of allylic oxidation sites excluding steroid dienone is 2. The number of hydrogen-bond donors (Lipinski definition) is 0. The number of halogens is 2. The molecule has 2 unspecified atom stereocenters. The first-order valence-electron chi connectivity index (χ1n) is 10.2. The molecule has 0 N–H and O–H groups in total. The third kappa shape index (κ3) is 4.36. The molecule has 2 atom stereocenters.